The highest BCUT2D eigenvalue weighted by atomic mass is 16.5. The second-order valence-corrected chi connectivity index (χ2v) is 10.4. The van der Waals surface area contributed by atoms with Gasteiger partial charge >= 0.3 is 5.97 Å². The highest BCUT2D eigenvalue weighted by molar-refractivity contribution is 5.81. The van der Waals surface area contributed by atoms with Crippen LogP contribution in [0.25, 0.3) is 0 Å². The normalized spacial score (nSPS) is 12.9. The molecule has 4 heteroatoms. The maximum atomic E-state index is 12.3. The maximum Gasteiger partial charge on any atom is 0.306 e. The Morgan fingerprint density at radius 1 is 0.733 bits per heavy atom. The summed E-state index contributed by atoms with van der Waals surface area (Å²) in [6, 6.07) is 0. The van der Waals surface area contributed by atoms with Crippen LogP contribution in [0.2, 0.25) is 0 Å². The Morgan fingerprint density at radius 3 is 1.57 bits per heavy atom. The summed E-state index contributed by atoms with van der Waals surface area (Å²) in [5, 5.41) is 0. The first-order valence-electron chi connectivity index (χ1n) is 12.7. The van der Waals surface area contributed by atoms with Gasteiger partial charge in [0, 0.05) is 18.8 Å². The molecule has 0 aliphatic carbocycles. The fourth-order valence-corrected chi connectivity index (χ4v) is 3.75. The van der Waals surface area contributed by atoms with E-state index in [1.807, 2.05) is 13.8 Å². The molecule has 0 heterocycles. The number of ether oxygens (including phenoxy) is 1. The van der Waals surface area contributed by atoms with Crippen LogP contribution in [0.4, 0.5) is 0 Å². The minimum Gasteiger partial charge on any atom is -0.456 e. The third-order valence-corrected chi connectivity index (χ3v) is 5.61. The largest absolute Gasteiger partial charge is 0.456 e. The van der Waals surface area contributed by atoms with Crippen molar-refractivity contribution in [3.63, 3.8) is 0 Å². The zero-order chi connectivity index (χ0) is 22.8. The van der Waals surface area contributed by atoms with Gasteiger partial charge in [-0.2, -0.15) is 0 Å². The number of quaternary nitrogens is 1. The van der Waals surface area contributed by atoms with E-state index < -0.39 is 0 Å². The topological polar surface area (TPSA) is 43.4 Å². The van der Waals surface area contributed by atoms with E-state index in [-0.39, 0.29) is 23.8 Å². The summed E-state index contributed by atoms with van der Waals surface area (Å²) in [7, 11) is 6.19. The van der Waals surface area contributed by atoms with Crippen molar-refractivity contribution in [2.45, 2.75) is 123 Å². The fraction of sp³-hybridized carbons (Fsp3) is 0.923. The van der Waals surface area contributed by atoms with Crippen molar-refractivity contribution in [2.75, 3.05) is 27.7 Å². The van der Waals surface area contributed by atoms with Crippen LogP contribution in [0.15, 0.2) is 0 Å². The number of Topliss-reactive ketones (excluding diaryl/α,β-unsaturated/α-hetero) is 1. The molecule has 0 aromatic heterocycles. The van der Waals surface area contributed by atoms with E-state index in [4.69, 9.17) is 4.74 Å². The molecule has 0 radical (unpaired) electrons. The number of nitrogens with zero attached hydrogens (tertiary/aromatic N) is 1. The molecule has 0 aromatic rings. The number of hydrogen-bond acceptors (Lipinski definition) is 3. The first kappa shape index (κ1) is 29.1. The Balaban J connectivity index is 3.81. The van der Waals surface area contributed by atoms with Gasteiger partial charge in [-0.15, -0.1) is 0 Å². The Hall–Kier alpha value is -0.900. The van der Waals surface area contributed by atoms with Gasteiger partial charge in [0.25, 0.3) is 0 Å². The van der Waals surface area contributed by atoms with Crippen molar-refractivity contribution >= 4 is 11.8 Å². The molecule has 0 spiro atoms. The lowest BCUT2D eigenvalue weighted by Gasteiger charge is -2.29. The average Bonchev–Trinajstić information content (AvgIpc) is 2.64. The zero-order valence-electron chi connectivity index (χ0n) is 21.1. The first-order valence-corrected chi connectivity index (χ1v) is 12.7. The summed E-state index contributed by atoms with van der Waals surface area (Å²) < 4.78 is 6.36. The number of hydrogen-bond donors (Lipinski definition) is 0. The van der Waals surface area contributed by atoms with Crippen molar-refractivity contribution in [3.8, 4) is 0 Å². The van der Waals surface area contributed by atoms with Gasteiger partial charge in [-0.05, 0) is 6.42 Å². The van der Waals surface area contributed by atoms with Gasteiger partial charge in [0.05, 0.1) is 21.1 Å². The number of carbonyl (C=O) groups excluding carboxylic acids is 2. The van der Waals surface area contributed by atoms with Crippen LogP contribution in [0.3, 0.4) is 0 Å². The molecule has 0 bridgehead atoms. The van der Waals surface area contributed by atoms with Gasteiger partial charge in [-0.3, -0.25) is 9.59 Å². The monoisotopic (exact) mass is 426 g/mol. The van der Waals surface area contributed by atoms with E-state index in [0.29, 0.717) is 23.9 Å². The van der Waals surface area contributed by atoms with Crippen molar-refractivity contribution < 1.29 is 18.8 Å². The van der Waals surface area contributed by atoms with Crippen LogP contribution in [0, 0.1) is 5.92 Å². The summed E-state index contributed by atoms with van der Waals surface area (Å²) in [6.07, 6.45) is 17.3. The quantitative estimate of drug-likeness (QED) is 0.124. The molecule has 0 saturated heterocycles. The van der Waals surface area contributed by atoms with Crippen LogP contribution in [-0.4, -0.2) is 50.0 Å². The van der Waals surface area contributed by atoms with E-state index in [0.717, 1.165) is 12.8 Å². The number of ketones is 1. The lowest BCUT2D eigenvalue weighted by molar-refractivity contribution is -0.873. The molecule has 0 aliphatic rings. The Morgan fingerprint density at radius 2 is 1.17 bits per heavy atom. The van der Waals surface area contributed by atoms with Gasteiger partial charge in [0.1, 0.15) is 12.3 Å². The molecule has 4 nitrogen and oxygen atoms in total. The fourth-order valence-electron chi connectivity index (χ4n) is 3.75. The smallest absolute Gasteiger partial charge is 0.306 e. The number of likely N-dealkylation sites (N-methyl/N-ethyl adjacent to an activating group) is 1. The van der Waals surface area contributed by atoms with Crippen LogP contribution in [-0.2, 0) is 14.3 Å². The highest BCUT2D eigenvalue weighted by Gasteiger charge is 2.25. The van der Waals surface area contributed by atoms with Gasteiger partial charge in [-0.1, -0.05) is 97.8 Å². The Kier molecular flexibility index (Phi) is 17.2. The Bertz CT molecular complexity index is 440. The van der Waals surface area contributed by atoms with Crippen LogP contribution < -0.4 is 0 Å². The zero-order valence-corrected chi connectivity index (χ0v) is 21.1. The molecule has 0 aromatic carbocycles. The van der Waals surface area contributed by atoms with E-state index in [1.165, 1.54) is 70.6 Å². The SMILES string of the molecule is CCCCCCCCCCCCCCCC(=O)OC(CC(=O)C(C)C)C[N+](C)(C)C. The number of rotatable bonds is 20. The summed E-state index contributed by atoms with van der Waals surface area (Å²) in [5.74, 6) is 0.00927. The van der Waals surface area contributed by atoms with E-state index in [9.17, 15) is 9.59 Å². The third kappa shape index (κ3) is 19.1. The van der Waals surface area contributed by atoms with E-state index in [1.54, 1.807) is 0 Å². The van der Waals surface area contributed by atoms with E-state index in [2.05, 4.69) is 28.1 Å². The average molecular weight is 427 g/mol. The van der Waals surface area contributed by atoms with Gasteiger partial charge in [0.2, 0.25) is 0 Å². The predicted octanol–water partition coefficient (Wildman–Crippen LogP) is 6.70. The third-order valence-electron chi connectivity index (χ3n) is 5.61. The van der Waals surface area contributed by atoms with Crippen molar-refractivity contribution in [3.05, 3.63) is 0 Å². The molecule has 0 N–H and O–H groups in total. The lowest BCUT2D eigenvalue weighted by Crippen LogP contribution is -2.44. The van der Waals surface area contributed by atoms with Crippen molar-refractivity contribution in [2.24, 2.45) is 5.92 Å². The first-order chi connectivity index (χ1) is 14.2. The molecule has 0 aliphatic heterocycles. The standard InChI is InChI=1S/C26H52NO3/c1-7-8-9-10-11-12-13-14-15-16-17-18-19-20-26(29)30-24(22-27(4,5)6)21-25(28)23(2)3/h23-24H,7-22H2,1-6H3/q+1. The number of unbranched alkanes of at least 4 members (excludes halogenated alkanes) is 12. The molecule has 0 saturated carbocycles. The maximum absolute atomic E-state index is 12.3. The second-order valence-electron chi connectivity index (χ2n) is 10.4. The molecule has 178 valence electrons. The van der Waals surface area contributed by atoms with Crippen LogP contribution >= 0.6 is 0 Å². The van der Waals surface area contributed by atoms with Crippen LogP contribution in [0.5, 0.6) is 0 Å². The van der Waals surface area contributed by atoms with Gasteiger partial charge in [0.15, 0.2) is 6.10 Å². The van der Waals surface area contributed by atoms with Gasteiger partial charge in [-0.25, -0.2) is 0 Å². The minimum atomic E-state index is -0.311. The molecule has 1 unspecified atom stereocenters. The second kappa shape index (κ2) is 17.7. The molecule has 30 heavy (non-hydrogen) atoms. The van der Waals surface area contributed by atoms with E-state index >= 15 is 0 Å². The lowest BCUT2D eigenvalue weighted by atomic mass is 10.0. The predicted molar refractivity (Wildman–Crippen MR) is 128 cm³/mol. The number of carbonyl (C=O) groups is 2. The molecule has 1 atom stereocenters. The van der Waals surface area contributed by atoms with Gasteiger partial charge < -0.3 is 9.22 Å². The van der Waals surface area contributed by atoms with Crippen molar-refractivity contribution in [1.29, 1.82) is 0 Å². The number of esters is 1. The summed E-state index contributed by atoms with van der Waals surface area (Å²) in [6.45, 7) is 6.74. The van der Waals surface area contributed by atoms with Crippen molar-refractivity contribution in [1.82, 2.24) is 0 Å². The highest BCUT2D eigenvalue weighted by Crippen LogP contribution is 2.14. The Labute approximate surface area is 187 Å². The molecular weight excluding hydrogens is 374 g/mol. The summed E-state index contributed by atoms with van der Waals surface area (Å²) in [4.78, 5) is 24.4. The minimum absolute atomic E-state index is 0.0141. The van der Waals surface area contributed by atoms with Crippen LogP contribution in [0.1, 0.15) is 117 Å². The molecule has 0 rings (SSSR count). The molecular formula is C26H52NO3+. The molecule has 0 fully saturated rings. The summed E-state index contributed by atoms with van der Waals surface area (Å²) in [5.41, 5.74) is 0. The summed E-state index contributed by atoms with van der Waals surface area (Å²) >= 11 is 0. The molecule has 0 amide bonds.